The van der Waals surface area contributed by atoms with Crippen LogP contribution in [0.1, 0.15) is 17.2 Å². The Hall–Kier alpha value is -1.78. The van der Waals surface area contributed by atoms with E-state index < -0.39 is 23.9 Å². The molecule has 0 heterocycles. The Morgan fingerprint density at radius 3 is 2.39 bits per heavy atom. The second-order valence-electron chi connectivity index (χ2n) is 3.47. The van der Waals surface area contributed by atoms with Crippen LogP contribution in [0.3, 0.4) is 0 Å². The van der Waals surface area contributed by atoms with Crippen LogP contribution in [0.2, 0.25) is 0 Å². The van der Waals surface area contributed by atoms with Crippen molar-refractivity contribution in [2.45, 2.75) is 18.4 Å². The molecule has 98 valence electrons. The second-order valence-corrected chi connectivity index (χ2v) is 3.47. The summed E-state index contributed by atoms with van der Waals surface area (Å²) in [4.78, 5) is 0. The number of hydrogen-bond donors (Lipinski definition) is 2. The van der Waals surface area contributed by atoms with Crippen LogP contribution in [0.15, 0.2) is 18.2 Å². The molecule has 2 N–H and O–H groups in total. The van der Waals surface area contributed by atoms with E-state index in [-0.39, 0.29) is 11.3 Å². The van der Waals surface area contributed by atoms with Crippen LogP contribution in [0.5, 0.6) is 5.75 Å². The lowest BCUT2D eigenvalue weighted by atomic mass is 10.0. The van der Waals surface area contributed by atoms with E-state index in [4.69, 9.17) is 15.1 Å². The molecule has 0 amide bonds. The molecule has 0 aliphatic rings. The molecule has 0 radical (unpaired) electrons. The standard InChI is InChI=1S/C11H10F3NO3/c1-18-9-4-6(11(12,13)14)2-3-7(9)10(17)8(16)5-15/h2-4,8,10,16-17H,1H3. The third-order valence-electron chi connectivity index (χ3n) is 2.31. The van der Waals surface area contributed by atoms with Crippen molar-refractivity contribution in [2.75, 3.05) is 7.11 Å². The van der Waals surface area contributed by atoms with Gasteiger partial charge in [-0.15, -0.1) is 0 Å². The van der Waals surface area contributed by atoms with Crippen molar-refractivity contribution in [3.63, 3.8) is 0 Å². The van der Waals surface area contributed by atoms with Crippen LogP contribution in [-0.4, -0.2) is 23.4 Å². The Kier molecular flexibility index (Phi) is 4.16. The van der Waals surface area contributed by atoms with E-state index in [9.17, 15) is 18.3 Å². The highest BCUT2D eigenvalue weighted by atomic mass is 19.4. The highest BCUT2D eigenvalue weighted by Gasteiger charge is 2.32. The van der Waals surface area contributed by atoms with Crippen LogP contribution >= 0.6 is 0 Å². The summed E-state index contributed by atoms with van der Waals surface area (Å²) >= 11 is 0. The molecule has 1 rings (SSSR count). The third kappa shape index (κ3) is 2.91. The van der Waals surface area contributed by atoms with E-state index >= 15 is 0 Å². The summed E-state index contributed by atoms with van der Waals surface area (Å²) < 4.78 is 42.0. The summed E-state index contributed by atoms with van der Waals surface area (Å²) in [5.74, 6) is -0.244. The minimum absolute atomic E-state index is 0.0837. The molecule has 0 spiro atoms. The maximum Gasteiger partial charge on any atom is 0.416 e. The minimum atomic E-state index is -4.54. The SMILES string of the molecule is COc1cc(C(F)(F)F)ccc1C(O)C(O)C#N. The molecule has 2 atom stereocenters. The number of ether oxygens (including phenoxy) is 1. The zero-order chi connectivity index (χ0) is 13.9. The molecule has 2 unspecified atom stereocenters. The highest BCUT2D eigenvalue weighted by molar-refractivity contribution is 5.41. The van der Waals surface area contributed by atoms with Crippen LogP contribution in [0, 0.1) is 11.3 Å². The molecule has 1 aromatic rings. The van der Waals surface area contributed by atoms with Crippen LogP contribution in [0.25, 0.3) is 0 Å². The van der Waals surface area contributed by atoms with E-state index in [1.807, 2.05) is 0 Å². The fraction of sp³-hybridized carbons (Fsp3) is 0.364. The van der Waals surface area contributed by atoms with Crippen molar-refractivity contribution >= 4 is 0 Å². The Balaban J connectivity index is 3.20. The zero-order valence-electron chi connectivity index (χ0n) is 9.27. The van der Waals surface area contributed by atoms with Gasteiger partial charge in [-0.1, -0.05) is 6.07 Å². The zero-order valence-corrected chi connectivity index (χ0v) is 9.27. The summed E-state index contributed by atoms with van der Waals surface area (Å²) in [5, 5.41) is 27.1. The van der Waals surface area contributed by atoms with Gasteiger partial charge in [0.15, 0.2) is 6.10 Å². The number of halogens is 3. The predicted octanol–water partition coefficient (Wildman–Crippen LogP) is 1.63. The van der Waals surface area contributed by atoms with Gasteiger partial charge in [0.05, 0.1) is 18.7 Å². The smallest absolute Gasteiger partial charge is 0.416 e. The monoisotopic (exact) mass is 261 g/mol. The van der Waals surface area contributed by atoms with E-state index in [0.717, 1.165) is 19.2 Å². The first-order chi connectivity index (χ1) is 8.31. The number of nitriles is 1. The van der Waals surface area contributed by atoms with Crippen molar-refractivity contribution in [1.29, 1.82) is 5.26 Å². The second kappa shape index (κ2) is 5.25. The number of benzene rings is 1. The Labute approximate surface area is 101 Å². The summed E-state index contributed by atoms with van der Waals surface area (Å²) in [5.41, 5.74) is -1.03. The lowest BCUT2D eigenvalue weighted by Gasteiger charge is -2.17. The maximum absolute atomic E-state index is 12.4. The lowest BCUT2D eigenvalue weighted by Crippen LogP contribution is -2.17. The van der Waals surface area contributed by atoms with Crippen LogP contribution in [0.4, 0.5) is 13.2 Å². The normalized spacial score (nSPS) is 14.7. The summed E-state index contributed by atoms with van der Waals surface area (Å²) in [6, 6.07) is 3.79. The van der Waals surface area contributed by atoms with Gasteiger partial charge in [0, 0.05) is 5.56 Å². The van der Waals surface area contributed by atoms with E-state index in [1.54, 1.807) is 0 Å². The fourth-order valence-electron chi connectivity index (χ4n) is 1.37. The molecule has 0 aliphatic carbocycles. The average molecular weight is 261 g/mol. The third-order valence-corrected chi connectivity index (χ3v) is 2.31. The Morgan fingerprint density at radius 2 is 1.94 bits per heavy atom. The van der Waals surface area contributed by atoms with Crippen LogP contribution in [-0.2, 0) is 6.18 Å². The van der Waals surface area contributed by atoms with Gasteiger partial charge < -0.3 is 14.9 Å². The summed E-state index contributed by atoms with van der Waals surface area (Å²) in [6.07, 6.45) is -7.91. The number of hydrogen-bond acceptors (Lipinski definition) is 4. The maximum atomic E-state index is 12.4. The molecule has 0 saturated carbocycles. The molecule has 7 heteroatoms. The Morgan fingerprint density at radius 1 is 1.33 bits per heavy atom. The van der Waals surface area contributed by atoms with Crippen molar-refractivity contribution in [1.82, 2.24) is 0 Å². The first-order valence-electron chi connectivity index (χ1n) is 4.82. The molecule has 4 nitrogen and oxygen atoms in total. The number of aliphatic hydroxyl groups excluding tert-OH is 2. The van der Waals surface area contributed by atoms with Crippen molar-refractivity contribution in [3.05, 3.63) is 29.3 Å². The summed E-state index contributed by atoms with van der Waals surface area (Å²) in [7, 11) is 1.13. The molecule has 18 heavy (non-hydrogen) atoms. The largest absolute Gasteiger partial charge is 0.496 e. The van der Waals surface area contributed by atoms with Gasteiger partial charge in [-0.05, 0) is 12.1 Å². The van der Waals surface area contributed by atoms with Gasteiger partial charge in [-0.2, -0.15) is 18.4 Å². The molecule has 0 fully saturated rings. The average Bonchev–Trinajstić information content (AvgIpc) is 2.35. The topological polar surface area (TPSA) is 73.5 Å². The minimum Gasteiger partial charge on any atom is -0.496 e. The van der Waals surface area contributed by atoms with Gasteiger partial charge in [0.2, 0.25) is 0 Å². The Bertz CT molecular complexity index is 468. The fourth-order valence-corrected chi connectivity index (χ4v) is 1.37. The number of aliphatic hydroxyl groups is 2. The lowest BCUT2D eigenvalue weighted by molar-refractivity contribution is -0.137. The number of rotatable bonds is 3. The molecular formula is C11H10F3NO3. The summed E-state index contributed by atoms with van der Waals surface area (Å²) in [6.45, 7) is 0. The van der Waals surface area contributed by atoms with Gasteiger partial charge in [0.1, 0.15) is 11.9 Å². The van der Waals surface area contributed by atoms with Crippen molar-refractivity contribution in [2.24, 2.45) is 0 Å². The molecular weight excluding hydrogens is 251 g/mol. The van der Waals surface area contributed by atoms with Gasteiger partial charge >= 0.3 is 6.18 Å². The van der Waals surface area contributed by atoms with Crippen molar-refractivity contribution in [3.8, 4) is 11.8 Å². The highest BCUT2D eigenvalue weighted by Crippen LogP contribution is 2.35. The quantitative estimate of drug-likeness (QED) is 0.811. The van der Waals surface area contributed by atoms with E-state index in [1.165, 1.54) is 6.07 Å². The molecule has 0 saturated heterocycles. The predicted molar refractivity (Wildman–Crippen MR) is 54.6 cm³/mol. The number of alkyl halides is 3. The van der Waals surface area contributed by atoms with Gasteiger partial charge in [0.25, 0.3) is 0 Å². The first kappa shape index (κ1) is 14.3. The number of methoxy groups -OCH3 is 1. The van der Waals surface area contributed by atoms with Gasteiger partial charge in [-0.3, -0.25) is 0 Å². The number of nitrogens with zero attached hydrogens (tertiary/aromatic N) is 1. The molecule has 0 aliphatic heterocycles. The molecule has 0 aromatic heterocycles. The van der Waals surface area contributed by atoms with Crippen LogP contribution < -0.4 is 4.74 Å². The van der Waals surface area contributed by atoms with E-state index in [0.29, 0.717) is 6.07 Å². The molecule has 1 aromatic carbocycles. The van der Waals surface area contributed by atoms with E-state index in [2.05, 4.69) is 0 Å². The van der Waals surface area contributed by atoms with Gasteiger partial charge in [-0.25, -0.2) is 0 Å². The van der Waals surface area contributed by atoms with Crippen molar-refractivity contribution < 1.29 is 28.1 Å². The first-order valence-corrected chi connectivity index (χ1v) is 4.82. The molecule has 0 bridgehead atoms.